The summed E-state index contributed by atoms with van der Waals surface area (Å²) in [7, 11) is 1.73. The van der Waals surface area contributed by atoms with E-state index in [1.165, 1.54) is 12.1 Å². The molecular formula is C13H13Cl2N3O2. The number of ether oxygens (including phenoxy) is 1. The lowest BCUT2D eigenvalue weighted by molar-refractivity contribution is 0.0465. The molecule has 1 aromatic heterocycles. The van der Waals surface area contributed by atoms with Crippen molar-refractivity contribution in [1.82, 2.24) is 9.78 Å². The first-order valence-corrected chi connectivity index (χ1v) is 6.56. The van der Waals surface area contributed by atoms with Gasteiger partial charge in [-0.05, 0) is 25.1 Å². The molecule has 2 aromatic rings. The smallest absolute Gasteiger partial charge is 0.340 e. The average Bonchev–Trinajstić information content (AvgIpc) is 2.61. The topological polar surface area (TPSA) is 70.1 Å². The van der Waals surface area contributed by atoms with Gasteiger partial charge >= 0.3 is 5.97 Å². The van der Waals surface area contributed by atoms with Crippen molar-refractivity contribution in [2.45, 2.75) is 13.5 Å². The quantitative estimate of drug-likeness (QED) is 0.698. The van der Waals surface area contributed by atoms with Crippen molar-refractivity contribution in [2.24, 2.45) is 7.05 Å². The molecule has 0 spiro atoms. The van der Waals surface area contributed by atoms with Crippen LogP contribution in [-0.2, 0) is 18.4 Å². The third-order valence-corrected chi connectivity index (χ3v) is 3.56. The SMILES string of the molecule is Cc1nn(C)c(COC(=O)c2ccc(Cl)cc2N)c1Cl. The van der Waals surface area contributed by atoms with Crippen LogP contribution >= 0.6 is 23.2 Å². The van der Waals surface area contributed by atoms with Crippen molar-refractivity contribution >= 4 is 34.9 Å². The van der Waals surface area contributed by atoms with E-state index in [0.717, 1.165) is 0 Å². The van der Waals surface area contributed by atoms with Crippen LogP contribution in [0.4, 0.5) is 5.69 Å². The zero-order valence-electron chi connectivity index (χ0n) is 11.0. The van der Waals surface area contributed by atoms with Gasteiger partial charge in [-0.2, -0.15) is 5.10 Å². The Morgan fingerprint density at radius 2 is 2.15 bits per heavy atom. The van der Waals surface area contributed by atoms with E-state index >= 15 is 0 Å². The molecule has 1 aromatic carbocycles. The van der Waals surface area contributed by atoms with E-state index < -0.39 is 5.97 Å². The molecule has 2 N–H and O–H groups in total. The number of carbonyl (C=O) groups is 1. The van der Waals surface area contributed by atoms with Crippen LogP contribution in [0, 0.1) is 6.92 Å². The second kappa shape index (κ2) is 5.73. The van der Waals surface area contributed by atoms with Crippen molar-refractivity contribution in [2.75, 3.05) is 5.73 Å². The Morgan fingerprint density at radius 3 is 2.70 bits per heavy atom. The van der Waals surface area contributed by atoms with Gasteiger partial charge in [0.05, 0.1) is 22.0 Å². The molecule has 0 unspecified atom stereocenters. The van der Waals surface area contributed by atoms with Crippen molar-refractivity contribution in [3.63, 3.8) is 0 Å². The number of esters is 1. The van der Waals surface area contributed by atoms with Gasteiger partial charge in [-0.3, -0.25) is 4.68 Å². The molecule has 0 radical (unpaired) electrons. The Hall–Kier alpha value is -1.72. The summed E-state index contributed by atoms with van der Waals surface area (Å²) in [5, 5.41) is 5.09. The minimum atomic E-state index is -0.533. The molecule has 0 atom stereocenters. The standard InChI is InChI=1S/C13H13Cl2N3O2/c1-7-12(15)11(18(2)17-7)6-20-13(19)9-4-3-8(14)5-10(9)16/h3-5H,6,16H2,1-2H3. The molecule has 0 amide bonds. The Labute approximate surface area is 126 Å². The summed E-state index contributed by atoms with van der Waals surface area (Å²) >= 11 is 11.9. The van der Waals surface area contributed by atoms with Gasteiger partial charge in [0.1, 0.15) is 6.61 Å². The number of nitrogens with two attached hydrogens (primary N) is 1. The fourth-order valence-electron chi connectivity index (χ4n) is 1.77. The highest BCUT2D eigenvalue weighted by atomic mass is 35.5. The van der Waals surface area contributed by atoms with E-state index in [-0.39, 0.29) is 17.9 Å². The third-order valence-electron chi connectivity index (χ3n) is 2.84. The number of rotatable bonds is 3. The zero-order valence-corrected chi connectivity index (χ0v) is 12.5. The molecule has 7 heteroatoms. The maximum atomic E-state index is 12.0. The highest BCUT2D eigenvalue weighted by molar-refractivity contribution is 6.32. The van der Waals surface area contributed by atoms with E-state index in [9.17, 15) is 4.79 Å². The normalized spacial score (nSPS) is 10.6. The first kappa shape index (κ1) is 14.7. The molecule has 0 aliphatic rings. The van der Waals surface area contributed by atoms with Crippen LogP contribution < -0.4 is 5.73 Å². The number of aromatic nitrogens is 2. The molecule has 0 fully saturated rings. The number of carbonyl (C=O) groups excluding carboxylic acids is 1. The maximum absolute atomic E-state index is 12.0. The number of aryl methyl sites for hydroxylation is 2. The summed E-state index contributed by atoms with van der Waals surface area (Å²) in [5.41, 5.74) is 7.58. The van der Waals surface area contributed by atoms with Gasteiger partial charge in [0, 0.05) is 17.8 Å². The van der Waals surface area contributed by atoms with Crippen LogP contribution in [0.25, 0.3) is 0 Å². The van der Waals surface area contributed by atoms with Gasteiger partial charge in [-0.1, -0.05) is 23.2 Å². The van der Waals surface area contributed by atoms with Crippen LogP contribution in [0.5, 0.6) is 0 Å². The zero-order chi connectivity index (χ0) is 14.9. The summed E-state index contributed by atoms with van der Waals surface area (Å²) in [6.07, 6.45) is 0. The molecule has 0 bridgehead atoms. The number of nitrogen functional groups attached to an aromatic ring is 1. The highest BCUT2D eigenvalue weighted by Gasteiger charge is 2.16. The Balaban J connectivity index is 2.12. The van der Waals surface area contributed by atoms with Gasteiger partial charge in [-0.15, -0.1) is 0 Å². The van der Waals surface area contributed by atoms with Crippen molar-refractivity contribution in [3.05, 3.63) is 45.2 Å². The third kappa shape index (κ3) is 2.89. The number of benzene rings is 1. The summed E-state index contributed by atoms with van der Waals surface area (Å²) in [6, 6.07) is 4.60. The van der Waals surface area contributed by atoms with Crippen LogP contribution in [0.15, 0.2) is 18.2 Å². The van der Waals surface area contributed by atoms with Gasteiger partial charge in [0.2, 0.25) is 0 Å². The van der Waals surface area contributed by atoms with E-state index in [2.05, 4.69) is 5.10 Å². The fourth-order valence-corrected chi connectivity index (χ4v) is 2.16. The van der Waals surface area contributed by atoms with Gasteiger partial charge in [0.25, 0.3) is 0 Å². The van der Waals surface area contributed by atoms with Crippen LogP contribution in [0.2, 0.25) is 10.0 Å². The van der Waals surface area contributed by atoms with Crippen LogP contribution in [0.1, 0.15) is 21.7 Å². The summed E-state index contributed by atoms with van der Waals surface area (Å²) in [4.78, 5) is 12.0. The first-order valence-electron chi connectivity index (χ1n) is 5.80. The Bertz CT molecular complexity index is 668. The van der Waals surface area contributed by atoms with E-state index in [0.29, 0.717) is 21.4 Å². The van der Waals surface area contributed by atoms with E-state index in [4.69, 9.17) is 33.7 Å². The molecule has 0 aliphatic heterocycles. The molecule has 106 valence electrons. The lowest BCUT2D eigenvalue weighted by Crippen LogP contribution is -2.10. The molecule has 5 nitrogen and oxygen atoms in total. The lowest BCUT2D eigenvalue weighted by Gasteiger charge is -2.08. The van der Waals surface area contributed by atoms with E-state index in [1.807, 2.05) is 0 Å². The predicted octanol–water partition coefficient (Wildman–Crippen LogP) is 2.97. The first-order chi connectivity index (χ1) is 9.40. The second-order valence-corrected chi connectivity index (χ2v) is 5.09. The molecule has 0 saturated heterocycles. The number of nitrogens with zero attached hydrogens (tertiary/aromatic N) is 2. The largest absolute Gasteiger partial charge is 0.455 e. The molecular weight excluding hydrogens is 301 g/mol. The summed E-state index contributed by atoms with van der Waals surface area (Å²) < 4.78 is 6.78. The fraction of sp³-hybridized carbons (Fsp3) is 0.231. The van der Waals surface area contributed by atoms with Gasteiger partial charge < -0.3 is 10.5 Å². The number of hydrogen-bond acceptors (Lipinski definition) is 4. The van der Waals surface area contributed by atoms with Crippen LogP contribution in [0.3, 0.4) is 0 Å². The van der Waals surface area contributed by atoms with E-state index in [1.54, 1.807) is 24.7 Å². The van der Waals surface area contributed by atoms with Crippen molar-refractivity contribution in [1.29, 1.82) is 0 Å². The number of anilines is 1. The van der Waals surface area contributed by atoms with Crippen molar-refractivity contribution < 1.29 is 9.53 Å². The molecule has 1 heterocycles. The van der Waals surface area contributed by atoms with Crippen LogP contribution in [-0.4, -0.2) is 15.7 Å². The highest BCUT2D eigenvalue weighted by Crippen LogP contribution is 2.22. The average molecular weight is 314 g/mol. The molecule has 20 heavy (non-hydrogen) atoms. The summed E-state index contributed by atoms with van der Waals surface area (Å²) in [5.74, 6) is -0.533. The lowest BCUT2D eigenvalue weighted by atomic mass is 10.2. The monoisotopic (exact) mass is 313 g/mol. The Morgan fingerprint density at radius 1 is 1.45 bits per heavy atom. The summed E-state index contributed by atoms with van der Waals surface area (Å²) in [6.45, 7) is 1.81. The van der Waals surface area contributed by atoms with Gasteiger partial charge in [-0.25, -0.2) is 4.79 Å². The molecule has 2 rings (SSSR count). The van der Waals surface area contributed by atoms with Crippen molar-refractivity contribution in [3.8, 4) is 0 Å². The minimum Gasteiger partial charge on any atom is -0.455 e. The van der Waals surface area contributed by atoms with Gasteiger partial charge in [0.15, 0.2) is 0 Å². The second-order valence-electron chi connectivity index (χ2n) is 4.28. The predicted molar refractivity (Wildman–Crippen MR) is 77.9 cm³/mol. The molecule has 0 saturated carbocycles. The maximum Gasteiger partial charge on any atom is 0.340 e. The Kier molecular flexibility index (Phi) is 4.20. The number of halogens is 2. The minimum absolute atomic E-state index is 0.0249. The number of hydrogen-bond donors (Lipinski definition) is 1. The molecule has 0 aliphatic carbocycles.